The first-order valence-electron chi connectivity index (χ1n) is 12.0. The highest BCUT2D eigenvalue weighted by Gasteiger charge is 2.71. The molecule has 3 aromatic carbocycles. The number of rotatable bonds is 8. The Morgan fingerprint density at radius 1 is 0.806 bits per heavy atom. The molecule has 1 aliphatic carbocycles. The van der Waals surface area contributed by atoms with Crippen LogP contribution in [0.4, 0.5) is 0 Å². The highest BCUT2D eigenvalue weighted by Crippen LogP contribution is 2.64. The second-order valence-electron chi connectivity index (χ2n) is 9.42. The molecular weight excluding hydrogens is 474 g/mol. The fourth-order valence-electron chi connectivity index (χ4n) is 4.92. The molecule has 36 heavy (non-hydrogen) atoms. The lowest BCUT2D eigenvalue weighted by atomic mass is 10.00. The van der Waals surface area contributed by atoms with E-state index >= 15 is 0 Å². The summed E-state index contributed by atoms with van der Waals surface area (Å²) in [6.45, 7) is 3.74. The number of halogens is 1. The smallest absolute Gasteiger partial charge is 0.252 e. The Kier molecular flexibility index (Phi) is 7.45. The predicted molar refractivity (Wildman–Crippen MR) is 141 cm³/mol. The van der Waals surface area contributed by atoms with Gasteiger partial charge in [0.1, 0.15) is 11.6 Å². The van der Waals surface area contributed by atoms with Gasteiger partial charge in [0.05, 0.1) is 0 Å². The van der Waals surface area contributed by atoms with E-state index < -0.39 is 17.5 Å². The van der Waals surface area contributed by atoms with Crippen LogP contribution in [-0.2, 0) is 9.59 Å². The quantitative estimate of drug-likeness (QED) is 0.429. The molecule has 4 rings (SSSR count). The van der Waals surface area contributed by atoms with Gasteiger partial charge in [0, 0.05) is 29.5 Å². The SMILES string of the molecule is CNC(=O)[C@@H](NC(=O)[C@]1(NC(=O)c2ccccc2)[C@H](c2ccccc2)[C@H]1c1ccc(Cl)cc1)C(C)C. The molecule has 0 aliphatic heterocycles. The third-order valence-corrected chi connectivity index (χ3v) is 7.06. The maximum atomic E-state index is 14.1. The fourth-order valence-corrected chi connectivity index (χ4v) is 5.05. The molecule has 0 unspecified atom stereocenters. The summed E-state index contributed by atoms with van der Waals surface area (Å²) in [4.78, 5) is 40.2. The van der Waals surface area contributed by atoms with Gasteiger partial charge in [-0.25, -0.2) is 0 Å². The van der Waals surface area contributed by atoms with Gasteiger partial charge in [-0.05, 0) is 41.3 Å². The summed E-state index contributed by atoms with van der Waals surface area (Å²) < 4.78 is 0. The van der Waals surface area contributed by atoms with Crippen LogP contribution in [0.25, 0.3) is 0 Å². The Morgan fingerprint density at radius 3 is 1.86 bits per heavy atom. The third-order valence-electron chi connectivity index (χ3n) is 6.81. The van der Waals surface area contributed by atoms with Gasteiger partial charge in [-0.3, -0.25) is 14.4 Å². The maximum absolute atomic E-state index is 14.1. The molecule has 4 atom stereocenters. The number of likely N-dealkylation sites (N-methyl/N-ethyl adjacent to an activating group) is 1. The van der Waals surface area contributed by atoms with E-state index in [9.17, 15) is 14.4 Å². The van der Waals surface area contributed by atoms with Crippen molar-refractivity contribution < 1.29 is 14.4 Å². The van der Waals surface area contributed by atoms with E-state index in [4.69, 9.17) is 11.6 Å². The molecule has 0 saturated heterocycles. The monoisotopic (exact) mass is 503 g/mol. The van der Waals surface area contributed by atoms with Crippen molar-refractivity contribution in [1.29, 1.82) is 0 Å². The number of benzene rings is 3. The van der Waals surface area contributed by atoms with Crippen molar-refractivity contribution in [1.82, 2.24) is 16.0 Å². The van der Waals surface area contributed by atoms with E-state index in [0.29, 0.717) is 10.6 Å². The van der Waals surface area contributed by atoms with E-state index in [2.05, 4.69) is 16.0 Å². The lowest BCUT2D eigenvalue weighted by molar-refractivity contribution is -0.131. The minimum absolute atomic E-state index is 0.154. The summed E-state index contributed by atoms with van der Waals surface area (Å²) in [6, 6.07) is 25.0. The normalized spacial score (nSPS) is 21.4. The Labute approximate surface area is 216 Å². The summed E-state index contributed by atoms with van der Waals surface area (Å²) in [7, 11) is 1.54. The molecule has 1 saturated carbocycles. The number of hydrogen-bond donors (Lipinski definition) is 3. The van der Waals surface area contributed by atoms with Gasteiger partial charge >= 0.3 is 0 Å². The Balaban J connectivity index is 1.81. The first kappa shape index (κ1) is 25.5. The fraction of sp³-hybridized carbons (Fsp3) is 0.276. The van der Waals surface area contributed by atoms with Crippen LogP contribution in [0, 0.1) is 5.92 Å². The Hall–Kier alpha value is -3.64. The molecular formula is C29H30ClN3O3. The van der Waals surface area contributed by atoms with Crippen LogP contribution in [0.15, 0.2) is 84.9 Å². The largest absolute Gasteiger partial charge is 0.357 e. The number of hydrogen-bond acceptors (Lipinski definition) is 3. The average molecular weight is 504 g/mol. The molecule has 0 aromatic heterocycles. The van der Waals surface area contributed by atoms with Crippen molar-refractivity contribution in [3.63, 3.8) is 0 Å². The van der Waals surface area contributed by atoms with Gasteiger partial charge < -0.3 is 16.0 Å². The topological polar surface area (TPSA) is 87.3 Å². The van der Waals surface area contributed by atoms with Crippen molar-refractivity contribution >= 4 is 29.3 Å². The number of amides is 3. The van der Waals surface area contributed by atoms with E-state index in [1.54, 1.807) is 36.4 Å². The van der Waals surface area contributed by atoms with Crippen LogP contribution >= 0.6 is 11.6 Å². The highest BCUT2D eigenvalue weighted by atomic mass is 35.5. The van der Waals surface area contributed by atoms with Gasteiger partial charge in [0.2, 0.25) is 11.8 Å². The first-order chi connectivity index (χ1) is 17.3. The molecule has 0 spiro atoms. The van der Waals surface area contributed by atoms with Crippen LogP contribution in [0.3, 0.4) is 0 Å². The van der Waals surface area contributed by atoms with Crippen molar-refractivity contribution in [2.75, 3.05) is 7.05 Å². The number of carbonyl (C=O) groups excluding carboxylic acids is 3. The van der Waals surface area contributed by atoms with Crippen LogP contribution in [-0.4, -0.2) is 36.3 Å². The summed E-state index contributed by atoms with van der Waals surface area (Å²) in [6.07, 6.45) is 0. The molecule has 1 fully saturated rings. The second-order valence-corrected chi connectivity index (χ2v) is 9.85. The minimum atomic E-state index is -1.30. The summed E-state index contributed by atoms with van der Waals surface area (Å²) in [5.74, 6) is -1.90. The van der Waals surface area contributed by atoms with Gasteiger partial charge in [-0.1, -0.05) is 86.1 Å². The molecule has 3 aromatic rings. The summed E-state index contributed by atoms with van der Waals surface area (Å²) >= 11 is 6.15. The molecule has 6 nitrogen and oxygen atoms in total. The molecule has 0 bridgehead atoms. The predicted octanol–water partition coefficient (Wildman–Crippen LogP) is 4.28. The minimum Gasteiger partial charge on any atom is -0.357 e. The van der Waals surface area contributed by atoms with E-state index in [1.165, 1.54) is 7.05 Å². The van der Waals surface area contributed by atoms with Crippen molar-refractivity contribution in [3.8, 4) is 0 Å². The maximum Gasteiger partial charge on any atom is 0.252 e. The lowest BCUT2D eigenvalue weighted by Gasteiger charge is -2.26. The van der Waals surface area contributed by atoms with Gasteiger partial charge in [-0.2, -0.15) is 0 Å². The van der Waals surface area contributed by atoms with Crippen molar-refractivity contribution in [2.24, 2.45) is 5.92 Å². The average Bonchev–Trinajstić information content (AvgIpc) is 3.57. The van der Waals surface area contributed by atoms with Crippen LogP contribution in [0.5, 0.6) is 0 Å². The molecule has 1 aliphatic rings. The summed E-state index contributed by atoms with van der Waals surface area (Å²) in [5, 5.41) is 9.24. The molecule has 3 N–H and O–H groups in total. The molecule has 186 valence electrons. The Bertz CT molecular complexity index is 1230. The van der Waals surface area contributed by atoms with E-state index in [1.807, 2.05) is 62.4 Å². The van der Waals surface area contributed by atoms with Crippen LogP contribution in [0.2, 0.25) is 5.02 Å². The zero-order valence-corrected chi connectivity index (χ0v) is 21.3. The standard InChI is InChI=1S/C29H30ClN3O3/c1-18(2)25(27(35)31-3)32-28(36)29(33-26(34)21-12-8-5-9-13-21)23(19-10-6-4-7-11-19)24(29)20-14-16-22(30)17-15-20/h4-18,23-25H,1-3H3,(H,31,35)(H,32,36)(H,33,34)/t23-,24-,25+,29+/m1/s1. The number of nitrogens with one attached hydrogen (secondary N) is 3. The zero-order valence-electron chi connectivity index (χ0n) is 20.5. The molecule has 7 heteroatoms. The molecule has 0 radical (unpaired) electrons. The van der Waals surface area contributed by atoms with Crippen LogP contribution < -0.4 is 16.0 Å². The van der Waals surface area contributed by atoms with Crippen molar-refractivity contribution in [2.45, 2.75) is 37.3 Å². The number of carbonyl (C=O) groups is 3. The van der Waals surface area contributed by atoms with Crippen LogP contribution in [0.1, 0.15) is 47.2 Å². The first-order valence-corrected chi connectivity index (χ1v) is 12.4. The van der Waals surface area contributed by atoms with Crippen molar-refractivity contribution in [3.05, 3.63) is 107 Å². The summed E-state index contributed by atoms with van der Waals surface area (Å²) in [5.41, 5.74) is 0.938. The lowest BCUT2D eigenvalue weighted by Crippen LogP contribution is -2.57. The van der Waals surface area contributed by atoms with Gasteiger partial charge in [0.15, 0.2) is 0 Å². The Morgan fingerprint density at radius 2 is 1.33 bits per heavy atom. The zero-order chi connectivity index (χ0) is 25.9. The van der Waals surface area contributed by atoms with Gasteiger partial charge in [-0.15, -0.1) is 0 Å². The molecule has 0 heterocycles. The third kappa shape index (κ3) is 4.86. The van der Waals surface area contributed by atoms with E-state index in [0.717, 1.165) is 11.1 Å². The highest BCUT2D eigenvalue weighted by molar-refractivity contribution is 6.30. The molecule has 3 amide bonds. The van der Waals surface area contributed by atoms with E-state index in [-0.39, 0.29) is 29.6 Å². The van der Waals surface area contributed by atoms with Gasteiger partial charge in [0.25, 0.3) is 5.91 Å². The second kappa shape index (κ2) is 10.5.